The lowest BCUT2D eigenvalue weighted by atomic mass is 10.0. The van der Waals surface area contributed by atoms with Gasteiger partial charge in [0.05, 0.1) is 0 Å². The van der Waals surface area contributed by atoms with Gasteiger partial charge in [0.15, 0.2) is 0 Å². The van der Waals surface area contributed by atoms with E-state index in [0.717, 1.165) is 30.4 Å². The molecular formula is C26H39F3N4O7S. The molecule has 41 heavy (non-hydrogen) atoms. The van der Waals surface area contributed by atoms with Crippen LogP contribution in [0, 0.1) is 5.92 Å². The number of ether oxygens (including phenoxy) is 1. The summed E-state index contributed by atoms with van der Waals surface area (Å²) < 4.78 is 68.6. The van der Waals surface area contributed by atoms with Crippen LogP contribution in [-0.2, 0) is 29.1 Å². The van der Waals surface area contributed by atoms with Crippen LogP contribution in [-0.4, -0.2) is 72.4 Å². The van der Waals surface area contributed by atoms with Crippen molar-refractivity contribution in [2.45, 2.75) is 114 Å². The first kappa shape index (κ1) is 32.7. The van der Waals surface area contributed by atoms with Crippen molar-refractivity contribution < 1.29 is 45.5 Å². The minimum absolute atomic E-state index is 0.0993. The topological polar surface area (TPSA) is 151 Å². The summed E-state index contributed by atoms with van der Waals surface area (Å²) >= 11 is 0. The summed E-state index contributed by atoms with van der Waals surface area (Å²) in [5, 5.41) is 5.09. The van der Waals surface area contributed by atoms with Crippen LogP contribution in [0.2, 0.25) is 0 Å². The van der Waals surface area contributed by atoms with Gasteiger partial charge < -0.3 is 20.3 Å². The second-order valence-electron chi connectivity index (χ2n) is 11.8. The van der Waals surface area contributed by atoms with Crippen LogP contribution in [0.3, 0.4) is 0 Å². The highest BCUT2D eigenvalue weighted by molar-refractivity contribution is 7.90. The normalized spacial score (nSPS) is 28.5. The van der Waals surface area contributed by atoms with Gasteiger partial charge in [-0.25, -0.2) is 9.52 Å². The fourth-order valence-corrected chi connectivity index (χ4v) is 5.71. The monoisotopic (exact) mass is 608 g/mol. The Kier molecular flexibility index (Phi) is 10.0. The van der Waals surface area contributed by atoms with Crippen molar-refractivity contribution in [3.63, 3.8) is 0 Å². The minimum atomic E-state index is -6.00. The van der Waals surface area contributed by atoms with Crippen molar-refractivity contribution in [2.24, 2.45) is 5.92 Å². The van der Waals surface area contributed by atoms with Crippen molar-refractivity contribution in [3.8, 4) is 0 Å². The lowest BCUT2D eigenvalue weighted by Crippen LogP contribution is -2.59. The number of nitrogens with one attached hydrogen (secondary N) is 3. The predicted molar refractivity (Wildman–Crippen MR) is 141 cm³/mol. The molecule has 11 nitrogen and oxygen atoms in total. The van der Waals surface area contributed by atoms with Gasteiger partial charge in [0.1, 0.15) is 23.2 Å². The van der Waals surface area contributed by atoms with Gasteiger partial charge in [0.2, 0.25) is 11.8 Å². The molecule has 0 bridgehead atoms. The van der Waals surface area contributed by atoms with E-state index in [0.29, 0.717) is 25.7 Å². The molecule has 1 saturated carbocycles. The molecule has 1 aliphatic carbocycles. The standard InChI is InChI=1S/C26H39F3N4O7S/c1-24(2,3)40-23(37)30-18-13-10-8-6-4-5-7-9-12-17-16-25(17,22(36)32-41(38,39)26(27,28)29)31-20(34)19-14-11-15-33(19)21(18)35/h9,12,17-19H,4-8,10-11,13-16H2,1-3H3,(H,30,37)(H,31,34)(H,32,36)/t17-,18?,19+,25-/m1/s1. The van der Waals surface area contributed by atoms with Gasteiger partial charge in [0.25, 0.3) is 5.91 Å². The summed E-state index contributed by atoms with van der Waals surface area (Å²) in [5.41, 5.74) is -8.43. The second-order valence-corrected chi connectivity index (χ2v) is 13.5. The predicted octanol–water partition coefficient (Wildman–Crippen LogP) is 3.01. The summed E-state index contributed by atoms with van der Waals surface area (Å²) in [6, 6.07) is -2.03. The third-order valence-corrected chi connectivity index (χ3v) is 8.42. The van der Waals surface area contributed by atoms with E-state index in [1.54, 1.807) is 32.9 Å². The molecule has 0 radical (unpaired) electrons. The number of halogens is 3. The highest BCUT2D eigenvalue weighted by atomic mass is 32.2. The fourth-order valence-electron chi connectivity index (χ4n) is 5.17. The zero-order chi connectivity index (χ0) is 30.6. The molecule has 4 amide bonds. The Labute approximate surface area is 238 Å². The molecule has 2 heterocycles. The first-order valence-corrected chi connectivity index (χ1v) is 15.4. The van der Waals surface area contributed by atoms with Crippen LogP contribution in [0.1, 0.15) is 85.0 Å². The van der Waals surface area contributed by atoms with E-state index >= 15 is 0 Å². The van der Waals surface area contributed by atoms with E-state index in [4.69, 9.17) is 4.74 Å². The highest BCUT2D eigenvalue weighted by Crippen LogP contribution is 2.46. The first-order valence-electron chi connectivity index (χ1n) is 13.9. The average Bonchev–Trinajstić information content (AvgIpc) is 3.29. The molecular weight excluding hydrogens is 569 g/mol. The van der Waals surface area contributed by atoms with Crippen molar-refractivity contribution in [3.05, 3.63) is 12.2 Å². The molecule has 0 aromatic heterocycles. The van der Waals surface area contributed by atoms with Crippen molar-refractivity contribution in [1.82, 2.24) is 20.3 Å². The number of alkyl halides is 3. The Morgan fingerprint density at radius 1 is 1.05 bits per heavy atom. The lowest BCUT2D eigenvalue weighted by molar-refractivity contribution is -0.141. The van der Waals surface area contributed by atoms with Gasteiger partial charge in [-0.2, -0.15) is 21.6 Å². The van der Waals surface area contributed by atoms with Crippen LogP contribution in [0.25, 0.3) is 0 Å². The maximum Gasteiger partial charge on any atom is 0.516 e. The van der Waals surface area contributed by atoms with Gasteiger partial charge >= 0.3 is 21.6 Å². The van der Waals surface area contributed by atoms with Gasteiger partial charge in [-0.05, 0) is 59.3 Å². The maximum absolute atomic E-state index is 13.6. The Bertz CT molecular complexity index is 1150. The summed E-state index contributed by atoms with van der Waals surface area (Å²) in [4.78, 5) is 53.8. The third kappa shape index (κ3) is 8.35. The molecule has 4 atom stereocenters. The summed E-state index contributed by atoms with van der Waals surface area (Å²) in [6.45, 7) is 5.24. The van der Waals surface area contributed by atoms with Gasteiger partial charge in [-0.1, -0.05) is 37.8 Å². The zero-order valence-electron chi connectivity index (χ0n) is 23.5. The molecule has 3 rings (SSSR count). The van der Waals surface area contributed by atoms with Gasteiger partial charge in [-0.3, -0.25) is 14.4 Å². The second kappa shape index (κ2) is 12.6. The Balaban J connectivity index is 1.86. The zero-order valence-corrected chi connectivity index (χ0v) is 24.3. The SMILES string of the molecule is CC(C)(C)OC(=O)NC1CCCCCCCC=C[C@@H]2C[C@@]2(C(=O)NS(=O)(=O)C(F)(F)F)NC(=O)[C@@H]2CCCN2C1=O. The smallest absolute Gasteiger partial charge is 0.444 e. The van der Waals surface area contributed by atoms with Crippen LogP contribution in [0.5, 0.6) is 0 Å². The molecule has 15 heteroatoms. The Morgan fingerprint density at radius 2 is 1.71 bits per heavy atom. The summed E-state index contributed by atoms with van der Waals surface area (Å²) in [6.07, 6.45) is 8.09. The number of rotatable bonds is 3. The number of fused-ring (bicyclic) bond motifs is 2. The number of allylic oxidation sites excluding steroid dienone is 1. The number of alkyl carbamates (subject to hydrolysis) is 1. The average molecular weight is 609 g/mol. The van der Waals surface area contributed by atoms with Crippen molar-refractivity contribution >= 4 is 33.8 Å². The molecule has 1 unspecified atom stereocenters. The molecule has 232 valence electrons. The van der Waals surface area contributed by atoms with Gasteiger partial charge in [0, 0.05) is 12.5 Å². The molecule has 3 N–H and O–H groups in total. The molecule has 0 spiro atoms. The van der Waals surface area contributed by atoms with Crippen LogP contribution in [0.15, 0.2) is 12.2 Å². The van der Waals surface area contributed by atoms with Gasteiger partial charge in [-0.15, -0.1) is 0 Å². The number of sulfonamides is 1. The Hall–Kier alpha value is -2.84. The van der Waals surface area contributed by atoms with Crippen LogP contribution in [0.4, 0.5) is 18.0 Å². The molecule has 0 aromatic carbocycles. The quantitative estimate of drug-likeness (QED) is 0.417. The van der Waals surface area contributed by atoms with Crippen molar-refractivity contribution in [2.75, 3.05) is 6.54 Å². The maximum atomic E-state index is 13.6. The number of carbonyl (C=O) groups is 4. The van der Waals surface area contributed by atoms with E-state index in [2.05, 4.69) is 10.6 Å². The van der Waals surface area contributed by atoms with Crippen LogP contribution < -0.4 is 15.4 Å². The van der Waals surface area contributed by atoms with Crippen LogP contribution >= 0.6 is 0 Å². The minimum Gasteiger partial charge on any atom is -0.444 e. The molecule has 1 saturated heterocycles. The van der Waals surface area contributed by atoms with Crippen molar-refractivity contribution in [1.29, 1.82) is 0 Å². The highest BCUT2D eigenvalue weighted by Gasteiger charge is 2.62. The largest absolute Gasteiger partial charge is 0.516 e. The molecule has 2 aliphatic heterocycles. The number of carbonyl (C=O) groups excluding carboxylic acids is 4. The van der Waals surface area contributed by atoms with E-state index in [1.807, 2.05) is 0 Å². The molecule has 2 fully saturated rings. The molecule has 3 aliphatic rings. The summed E-state index contributed by atoms with van der Waals surface area (Å²) in [5.74, 6) is -3.51. The van der Waals surface area contributed by atoms with E-state index in [-0.39, 0.29) is 19.4 Å². The number of hydrogen-bond acceptors (Lipinski definition) is 7. The Morgan fingerprint density at radius 3 is 2.37 bits per heavy atom. The number of amides is 4. The van der Waals surface area contributed by atoms with E-state index in [1.165, 1.54) is 4.90 Å². The molecule has 0 aromatic rings. The van der Waals surface area contributed by atoms with E-state index in [9.17, 15) is 40.8 Å². The lowest BCUT2D eigenvalue weighted by Gasteiger charge is -2.30. The number of nitrogens with zero attached hydrogens (tertiary/aromatic N) is 1. The first-order chi connectivity index (χ1) is 19.0. The van der Waals surface area contributed by atoms with E-state index < -0.39 is 68.5 Å². The number of hydrogen-bond donors (Lipinski definition) is 3. The fraction of sp³-hybridized carbons (Fsp3) is 0.769. The summed E-state index contributed by atoms with van der Waals surface area (Å²) in [7, 11) is -6.00. The third-order valence-electron chi connectivity index (χ3n) is 7.36.